The molecule has 2 aromatic carbocycles. The highest BCUT2D eigenvalue weighted by molar-refractivity contribution is 7.99. The van der Waals surface area contributed by atoms with Crippen molar-refractivity contribution in [3.05, 3.63) is 65.2 Å². The molecule has 0 radical (unpaired) electrons. The Kier molecular flexibility index (Phi) is 6.31. The lowest BCUT2D eigenvalue weighted by atomic mass is 10.1. The molecule has 0 saturated carbocycles. The summed E-state index contributed by atoms with van der Waals surface area (Å²) in [6.45, 7) is 0.306. The van der Waals surface area contributed by atoms with Crippen LogP contribution in [0.15, 0.2) is 53.4 Å². The van der Waals surface area contributed by atoms with E-state index in [2.05, 4.69) is 10.6 Å². The van der Waals surface area contributed by atoms with Crippen molar-refractivity contribution in [1.29, 1.82) is 0 Å². The molecule has 24 heavy (non-hydrogen) atoms. The van der Waals surface area contributed by atoms with Gasteiger partial charge >= 0.3 is 0 Å². The van der Waals surface area contributed by atoms with Gasteiger partial charge in [0.1, 0.15) is 0 Å². The maximum absolute atomic E-state index is 12.2. The SMILES string of the molecule is CNC(=O)c1ccc(CNC(=O)c2ccc(SC(F)F)cc2)cc1. The van der Waals surface area contributed by atoms with Gasteiger partial charge in [0.15, 0.2) is 0 Å². The molecule has 7 heteroatoms. The summed E-state index contributed by atoms with van der Waals surface area (Å²) >= 11 is 0.437. The van der Waals surface area contributed by atoms with Crippen LogP contribution in [0.4, 0.5) is 8.78 Å². The van der Waals surface area contributed by atoms with Crippen LogP contribution in [0.2, 0.25) is 0 Å². The van der Waals surface area contributed by atoms with Crippen LogP contribution >= 0.6 is 11.8 Å². The molecule has 0 aliphatic carbocycles. The standard InChI is InChI=1S/C17H16F2N2O2S/c1-20-15(22)12-4-2-11(3-5-12)10-21-16(23)13-6-8-14(9-7-13)24-17(18)19/h2-9,17H,10H2,1H3,(H,20,22)(H,21,23). The number of halogens is 2. The number of amides is 2. The van der Waals surface area contributed by atoms with Crippen molar-refractivity contribution in [2.75, 3.05) is 7.05 Å². The topological polar surface area (TPSA) is 58.2 Å². The molecule has 126 valence electrons. The monoisotopic (exact) mass is 350 g/mol. The van der Waals surface area contributed by atoms with Crippen LogP contribution < -0.4 is 10.6 Å². The fraction of sp³-hybridized carbons (Fsp3) is 0.176. The molecule has 2 aromatic rings. The highest BCUT2D eigenvalue weighted by Crippen LogP contribution is 2.25. The number of carbonyl (C=O) groups is 2. The number of thioether (sulfide) groups is 1. The number of hydrogen-bond donors (Lipinski definition) is 2. The van der Waals surface area contributed by atoms with E-state index in [9.17, 15) is 18.4 Å². The van der Waals surface area contributed by atoms with Gasteiger partial charge in [-0.05, 0) is 42.0 Å². The third kappa shape index (κ3) is 5.06. The number of benzene rings is 2. The van der Waals surface area contributed by atoms with Crippen molar-refractivity contribution >= 4 is 23.6 Å². The molecular formula is C17H16F2N2O2S. The average Bonchev–Trinajstić information content (AvgIpc) is 2.59. The van der Waals surface area contributed by atoms with Crippen molar-refractivity contribution in [2.45, 2.75) is 17.2 Å². The summed E-state index contributed by atoms with van der Waals surface area (Å²) in [6.07, 6.45) is 0. The summed E-state index contributed by atoms with van der Waals surface area (Å²) in [6, 6.07) is 12.9. The van der Waals surface area contributed by atoms with Crippen molar-refractivity contribution in [3.8, 4) is 0 Å². The Morgan fingerprint density at radius 2 is 1.50 bits per heavy atom. The molecule has 0 fully saturated rings. The lowest BCUT2D eigenvalue weighted by Gasteiger charge is -2.07. The molecule has 0 unspecified atom stereocenters. The van der Waals surface area contributed by atoms with Gasteiger partial charge < -0.3 is 10.6 Å². The number of carbonyl (C=O) groups excluding carboxylic acids is 2. The molecule has 2 rings (SSSR count). The van der Waals surface area contributed by atoms with E-state index in [-0.39, 0.29) is 11.8 Å². The van der Waals surface area contributed by atoms with Crippen LogP contribution in [0.1, 0.15) is 26.3 Å². The summed E-state index contributed by atoms with van der Waals surface area (Å²) < 4.78 is 24.5. The van der Waals surface area contributed by atoms with Crippen LogP contribution in [0.3, 0.4) is 0 Å². The van der Waals surface area contributed by atoms with E-state index in [0.29, 0.717) is 34.3 Å². The van der Waals surface area contributed by atoms with E-state index in [1.54, 1.807) is 31.3 Å². The van der Waals surface area contributed by atoms with E-state index in [4.69, 9.17) is 0 Å². The van der Waals surface area contributed by atoms with Gasteiger partial charge in [0, 0.05) is 29.6 Å². The fourth-order valence-electron chi connectivity index (χ4n) is 1.99. The van der Waals surface area contributed by atoms with Crippen molar-refractivity contribution < 1.29 is 18.4 Å². The second-order valence-corrected chi connectivity index (χ2v) is 5.93. The summed E-state index contributed by atoms with van der Waals surface area (Å²) in [4.78, 5) is 23.9. The zero-order valence-corrected chi connectivity index (χ0v) is 13.7. The Hall–Kier alpha value is -2.41. The molecule has 0 aromatic heterocycles. The molecule has 0 saturated heterocycles. The van der Waals surface area contributed by atoms with Crippen LogP contribution in [-0.2, 0) is 6.54 Å². The normalized spacial score (nSPS) is 10.5. The zero-order valence-electron chi connectivity index (χ0n) is 12.9. The van der Waals surface area contributed by atoms with Gasteiger partial charge in [-0.15, -0.1) is 0 Å². The van der Waals surface area contributed by atoms with E-state index in [1.807, 2.05) is 0 Å². The quantitative estimate of drug-likeness (QED) is 0.786. The van der Waals surface area contributed by atoms with Crippen LogP contribution in [0.5, 0.6) is 0 Å². The van der Waals surface area contributed by atoms with Crippen LogP contribution in [0, 0.1) is 0 Å². The molecule has 2 N–H and O–H groups in total. The molecule has 0 spiro atoms. The highest BCUT2D eigenvalue weighted by atomic mass is 32.2. The fourth-order valence-corrected chi connectivity index (χ4v) is 2.49. The highest BCUT2D eigenvalue weighted by Gasteiger charge is 2.09. The van der Waals surface area contributed by atoms with Gasteiger partial charge in [-0.2, -0.15) is 8.78 Å². The Bertz CT molecular complexity index is 704. The Labute approximate surface area is 142 Å². The molecule has 2 amide bonds. The van der Waals surface area contributed by atoms with E-state index < -0.39 is 5.76 Å². The summed E-state index contributed by atoms with van der Waals surface area (Å²) in [5.41, 5.74) is 1.79. The van der Waals surface area contributed by atoms with Crippen molar-refractivity contribution in [3.63, 3.8) is 0 Å². The van der Waals surface area contributed by atoms with Crippen molar-refractivity contribution in [1.82, 2.24) is 10.6 Å². The van der Waals surface area contributed by atoms with Gasteiger partial charge in [-0.1, -0.05) is 23.9 Å². The van der Waals surface area contributed by atoms with Crippen LogP contribution in [-0.4, -0.2) is 24.6 Å². The van der Waals surface area contributed by atoms with Crippen molar-refractivity contribution in [2.24, 2.45) is 0 Å². The molecule has 0 aliphatic heterocycles. The number of nitrogens with one attached hydrogen (secondary N) is 2. The van der Waals surface area contributed by atoms with Crippen LogP contribution in [0.25, 0.3) is 0 Å². The Morgan fingerprint density at radius 3 is 2.04 bits per heavy atom. The average molecular weight is 350 g/mol. The summed E-state index contributed by atoms with van der Waals surface area (Å²) in [7, 11) is 1.56. The third-order valence-electron chi connectivity index (χ3n) is 3.24. The number of alkyl halides is 2. The maximum atomic E-state index is 12.2. The molecule has 0 bridgehead atoms. The second-order valence-electron chi connectivity index (χ2n) is 4.86. The van der Waals surface area contributed by atoms with E-state index in [0.717, 1.165) is 5.56 Å². The molecule has 0 heterocycles. The first-order valence-corrected chi connectivity index (χ1v) is 8.01. The first-order chi connectivity index (χ1) is 11.5. The molecule has 4 nitrogen and oxygen atoms in total. The molecule has 0 atom stereocenters. The maximum Gasteiger partial charge on any atom is 0.288 e. The predicted octanol–water partition coefficient (Wildman–Crippen LogP) is 3.29. The minimum atomic E-state index is -2.48. The third-order valence-corrected chi connectivity index (χ3v) is 3.96. The molecule has 0 aliphatic rings. The van der Waals surface area contributed by atoms with Gasteiger partial charge in [0.05, 0.1) is 0 Å². The smallest absolute Gasteiger partial charge is 0.288 e. The van der Waals surface area contributed by atoms with Gasteiger partial charge in [-0.3, -0.25) is 9.59 Å². The van der Waals surface area contributed by atoms with E-state index >= 15 is 0 Å². The predicted molar refractivity (Wildman–Crippen MR) is 89.3 cm³/mol. The minimum absolute atomic E-state index is 0.174. The number of rotatable bonds is 6. The number of hydrogen-bond acceptors (Lipinski definition) is 3. The lowest BCUT2D eigenvalue weighted by molar-refractivity contribution is 0.0946. The first-order valence-electron chi connectivity index (χ1n) is 7.13. The summed E-state index contributed by atoms with van der Waals surface area (Å²) in [5.74, 6) is -2.95. The van der Waals surface area contributed by atoms with Gasteiger partial charge in [0.2, 0.25) is 0 Å². The Balaban J connectivity index is 1.91. The second kappa shape index (κ2) is 8.44. The zero-order chi connectivity index (χ0) is 17.5. The van der Waals surface area contributed by atoms with Gasteiger partial charge in [-0.25, -0.2) is 0 Å². The minimum Gasteiger partial charge on any atom is -0.355 e. The van der Waals surface area contributed by atoms with Gasteiger partial charge in [0.25, 0.3) is 17.6 Å². The largest absolute Gasteiger partial charge is 0.355 e. The lowest BCUT2D eigenvalue weighted by Crippen LogP contribution is -2.23. The first kappa shape index (κ1) is 17.9. The summed E-state index contributed by atoms with van der Waals surface area (Å²) in [5, 5.41) is 5.28. The van der Waals surface area contributed by atoms with E-state index in [1.165, 1.54) is 24.3 Å². The molecular weight excluding hydrogens is 334 g/mol. The Morgan fingerprint density at radius 1 is 0.958 bits per heavy atom.